The molecule has 2 heteroatoms. The molecule has 0 amide bonds. The van der Waals surface area contributed by atoms with Crippen molar-refractivity contribution < 1.29 is 0 Å². The van der Waals surface area contributed by atoms with E-state index < -0.39 is 0 Å². The van der Waals surface area contributed by atoms with E-state index in [0.29, 0.717) is 6.04 Å². The van der Waals surface area contributed by atoms with Crippen LogP contribution in [0.4, 0.5) is 0 Å². The Labute approximate surface area is 104 Å². The normalized spacial score (nSPS) is 13.1. The number of hydrogen-bond acceptors (Lipinski definition) is 1. The summed E-state index contributed by atoms with van der Waals surface area (Å²) in [7, 11) is 0. The van der Waals surface area contributed by atoms with Crippen LogP contribution in [0.3, 0.4) is 0 Å². The zero-order valence-electron chi connectivity index (χ0n) is 10.5. The fourth-order valence-corrected chi connectivity index (χ4v) is 2.03. The molecular weight excluding hydrogens is 218 g/mol. The van der Waals surface area contributed by atoms with Gasteiger partial charge in [-0.1, -0.05) is 37.6 Å². The van der Waals surface area contributed by atoms with Crippen LogP contribution >= 0.6 is 11.6 Å². The Balaban J connectivity index is 2.22. The summed E-state index contributed by atoms with van der Waals surface area (Å²) in [5, 5.41) is 4.35. The standard InChI is InChI=1S/C14H22ClN/c1-11(2)10-12(3)16-9-8-13-4-6-14(15)7-5-13/h4-7,11-12,16H,8-10H2,1-3H3. The molecule has 0 heterocycles. The Bertz CT molecular complexity index is 292. The number of hydrogen-bond donors (Lipinski definition) is 1. The van der Waals surface area contributed by atoms with E-state index in [2.05, 4.69) is 38.2 Å². The quantitative estimate of drug-likeness (QED) is 0.794. The van der Waals surface area contributed by atoms with Gasteiger partial charge in [-0.05, 0) is 49.9 Å². The molecule has 1 aromatic carbocycles. The Kier molecular flexibility index (Phi) is 5.86. The average molecular weight is 240 g/mol. The van der Waals surface area contributed by atoms with Gasteiger partial charge in [0.15, 0.2) is 0 Å². The van der Waals surface area contributed by atoms with Crippen LogP contribution in [-0.4, -0.2) is 12.6 Å². The van der Waals surface area contributed by atoms with Crippen molar-refractivity contribution >= 4 is 11.6 Å². The fraction of sp³-hybridized carbons (Fsp3) is 0.571. The molecule has 0 saturated heterocycles. The second-order valence-electron chi connectivity index (χ2n) is 4.86. The van der Waals surface area contributed by atoms with Crippen molar-refractivity contribution in [2.24, 2.45) is 5.92 Å². The molecular formula is C14H22ClN. The lowest BCUT2D eigenvalue weighted by Gasteiger charge is -2.15. The molecule has 0 fully saturated rings. The number of rotatable bonds is 6. The summed E-state index contributed by atoms with van der Waals surface area (Å²) in [6, 6.07) is 8.70. The third-order valence-electron chi connectivity index (χ3n) is 2.64. The Morgan fingerprint density at radius 1 is 1.12 bits per heavy atom. The van der Waals surface area contributed by atoms with Crippen LogP contribution in [0, 0.1) is 5.92 Å². The summed E-state index contributed by atoms with van der Waals surface area (Å²) in [5.41, 5.74) is 1.34. The van der Waals surface area contributed by atoms with Crippen LogP contribution in [0.1, 0.15) is 32.8 Å². The van der Waals surface area contributed by atoms with E-state index in [9.17, 15) is 0 Å². The molecule has 1 N–H and O–H groups in total. The summed E-state index contributed by atoms with van der Waals surface area (Å²) >= 11 is 5.84. The van der Waals surface area contributed by atoms with Crippen molar-refractivity contribution in [3.8, 4) is 0 Å². The molecule has 0 saturated carbocycles. The molecule has 90 valence electrons. The second-order valence-corrected chi connectivity index (χ2v) is 5.30. The van der Waals surface area contributed by atoms with Crippen LogP contribution in [0.15, 0.2) is 24.3 Å². The van der Waals surface area contributed by atoms with Crippen molar-refractivity contribution in [1.82, 2.24) is 5.32 Å². The Morgan fingerprint density at radius 3 is 2.31 bits per heavy atom. The maximum Gasteiger partial charge on any atom is 0.0406 e. The van der Waals surface area contributed by atoms with E-state index in [0.717, 1.165) is 23.9 Å². The maximum absolute atomic E-state index is 5.84. The summed E-state index contributed by atoms with van der Waals surface area (Å²) in [6.07, 6.45) is 2.31. The van der Waals surface area contributed by atoms with Gasteiger partial charge in [-0.2, -0.15) is 0 Å². The van der Waals surface area contributed by atoms with Gasteiger partial charge in [0, 0.05) is 11.1 Å². The van der Waals surface area contributed by atoms with Crippen LogP contribution < -0.4 is 5.32 Å². The lowest BCUT2D eigenvalue weighted by atomic mass is 10.1. The van der Waals surface area contributed by atoms with Gasteiger partial charge >= 0.3 is 0 Å². The third kappa shape index (κ3) is 5.53. The van der Waals surface area contributed by atoms with Gasteiger partial charge in [-0.3, -0.25) is 0 Å². The maximum atomic E-state index is 5.84. The lowest BCUT2D eigenvalue weighted by Crippen LogP contribution is -2.29. The lowest BCUT2D eigenvalue weighted by molar-refractivity contribution is 0.445. The van der Waals surface area contributed by atoms with Crippen LogP contribution in [-0.2, 0) is 6.42 Å². The van der Waals surface area contributed by atoms with Gasteiger partial charge in [-0.15, -0.1) is 0 Å². The van der Waals surface area contributed by atoms with Crippen LogP contribution in [0.25, 0.3) is 0 Å². The first kappa shape index (κ1) is 13.5. The minimum absolute atomic E-state index is 0.604. The predicted octanol–water partition coefficient (Wildman–Crippen LogP) is 3.91. The Hall–Kier alpha value is -0.530. The van der Waals surface area contributed by atoms with E-state index in [1.807, 2.05) is 12.1 Å². The highest BCUT2D eigenvalue weighted by Gasteiger charge is 2.03. The zero-order chi connectivity index (χ0) is 12.0. The Morgan fingerprint density at radius 2 is 1.75 bits per heavy atom. The molecule has 0 aliphatic carbocycles. The van der Waals surface area contributed by atoms with Gasteiger partial charge in [0.2, 0.25) is 0 Å². The van der Waals surface area contributed by atoms with Crippen molar-refractivity contribution in [2.75, 3.05) is 6.54 Å². The number of nitrogens with one attached hydrogen (secondary N) is 1. The summed E-state index contributed by atoms with van der Waals surface area (Å²) in [5.74, 6) is 0.762. The minimum Gasteiger partial charge on any atom is -0.314 e. The number of benzene rings is 1. The molecule has 0 aromatic heterocycles. The van der Waals surface area contributed by atoms with Gasteiger partial charge in [0.25, 0.3) is 0 Å². The highest BCUT2D eigenvalue weighted by Crippen LogP contribution is 2.10. The van der Waals surface area contributed by atoms with Gasteiger partial charge in [-0.25, -0.2) is 0 Å². The van der Waals surface area contributed by atoms with Crippen LogP contribution in [0.2, 0.25) is 5.02 Å². The number of halogens is 1. The molecule has 0 aliphatic rings. The highest BCUT2D eigenvalue weighted by molar-refractivity contribution is 6.30. The zero-order valence-corrected chi connectivity index (χ0v) is 11.2. The van der Waals surface area contributed by atoms with E-state index in [-0.39, 0.29) is 0 Å². The molecule has 0 radical (unpaired) electrons. The average Bonchev–Trinajstić information content (AvgIpc) is 2.20. The van der Waals surface area contributed by atoms with E-state index in [1.54, 1.807) is 0 Å². The minimum atomic E-state index is 0.604. The van der Waals surface area contributed by atoms with E-state index in [1.165, 1.54) is 12.0 Å². The molecule has 0 spiro atoms. The van der Waals surface area contributed by atoms with Gasteiger partial charge < -0.3 is 5.32 Å². The second kappa shape index (κ2) is 6.93. The molecule has 1 unspecified atom stereocenters. The van der Waals surface area contributed by atoms with Crippen molar-refractivity contribution in [2.45, 2.75) is 39.7 Å². The predicted molar refractivity (Wildman–Crippen MR) is 72.1 cm³/mol. The largest absolute Gasteiger partial charge is 0.314 e. The van der Waals surface area contributed by atoms with Gasteiger partial charge in [0.1, 0.15) is 0 Å². The molecule has 16 heavy (non-hydrogen) atoms. The summed E-state index contributed by atoms with van der Waals surface area (Å²) in [6.45, 7) is 7.81. The molecule has 0 aliphatic heterocycles. The SMILES string of the molecule is CC(C)CC(C)NCCc1ccc(Cl)cc1. The van der Waals surface area contributed by atoms with E-state index >= 15 is 0 Å². The van der Waals surface area contributed by atoms with Crippen molar-refractivity contribution in [1.29, 1.82) is 0 Å². The first-order valence-corrected chi connectivity index (χ1v) is 6.43. The monoisotopic (exact) mass is 239 g/mol. The van der Waals surface area contributed by atoms with E-state index in [4.69, 9.17) is 11.6 Å². The molecule has 1 atom stereocenters. The highest BCUT2D eigenvalue weighted by atomic mass is 35.5. The first-order valence-electron chi connectivity index (χ1n) is 6.05. The summed E-state index contributed by atoms with van der Waals surface area (Å²) < 4.78 is 0. The molecule has 0 bridgehead atoms. The topological polar surface area (TPSA) is 12.0 Å². The smallest absolute Gasteiger partial charge is 0.0406 e. The third-order valence-corrected chi connectivity index (χ3v) is 2.90. The molecule has 1 rings (SSSR count). The van der Waals surface area contributed by atoms with Crippen LogP contribution in [0.5, 0.6) is 0 Å². The molecule has 1 nitrogen and oxygen atoms in total. The summed E-state index contributed by atoms with van der Waals surface area (Å²) in [4.78, 5) is 0. The van der Waals surface area contributed by atoms with Crippen molar-refractivity contribution in [3.63, 3.8) is 0 Å². The van der Waals surface area contributed by atoms with Gasteiger partial charge in [0.05, 0.1) is 0 Å². The first-order chi connectivity index (χ1) is 7.58. The molecule has 1 aromatic rings. The van der Waals surface area contributed by atoms with Crippen molar-refractivity contribution in [3.05, 3.63) is 34.9 Å². The fourth-order valence-electron chi connectivity index (χ4n) is 1.90.